The fourth-order valence-corrected chi connectivity index (χ4v) is 3.32. The van der Waals surface area contributed by atoms with Gasteiger partial charge in [0.2, 0.25) is 0 Å². The Morgan fingerprint density at radius 1 is 1.42 bits per heavy atom. The Hall–Kier alpha value is -1.14. The molecular weight excluding hydrogens is 269 g/mol. The van der Waals surface area contributed by atoms with Crippen molar-refractivity contribution >= 4 is 9.84 Å². The number of hydrogen-bond donors (Lipinski definition) is 1. The van der Waals surface area contributed by atoms with E-state index >= 15 is 0 Å². The predicted octanol–water partition coefficient (Wildman–Crippen LogP) is 1.62. The number of ether oxygens (including phenoxy) is 1. The van der Waals surface area contributed by atoms with E-state index in [1.807, 2.05) is 0 Å². The molecule has 1 aliphatic rings. The number of benzene rings is 1. The molecule has 0 bridgehead atoms. The van der Waals surface area contributed by atoms with E-state index in [1.165, 1.54) is 19.2 Å². The van der Waals surface area contributed by atoms with Crippen LogP contribution in [-0.4, -0.2) is 28.3 Å². The van der Waals surface area contributed by atoms with Crippen molar-refractivity contribution in [2.75, 3.05) is 19.9 Å². The molecule has 2 rings (SSSR count). The van der Waals surface area contributed by atoms with Gasteiger partial charge >= 0.3 is 0 Å². The molecule has 0 unspecified atom stereocenters. The highest BCUT2D eigenvalue weighted by Gasteiger charge is 2.40. The van der Waals surface area contributed by atoms with E-state index in [0.29, 0.717) is 17.9 Å². The van der Waals surface area contributed by atoms with Crippen molar-refractivity contribution in [1.82, 2.24) is 0 Å². The zero-order valence-corrected chi connectivity index (χ0v) is 11.9. The van der Waals surface area contributed by atoms with Crippen LogP contribution in [0.3, 0.4) is 0 Å². The van der Waals surface area contributed by atoms with Crippen LogP contribution < -0.4 is 10.5 Å². The van der Waals surface area contributed by atoms with Crippen molar-refractivity contribution in [2.24, 2.45) is 5.73 Å². The lowest BCUT2D eigenvalue weighted by molar-refractivity contribution is 0.242. The van der Waals surface area contributed by atoms with Gasteiger partial charge < -0.3 is 10.5 Å². The van der Waals surface area contributed by atoms with Crippen molar-refractivity contribution in [3.63, 3.8) is 0 Å². The number of methoxy groups -OCH3 is 1. The summed E-state index contributed by atoms with van der Waals surface area (Å²) in [6.07, 6.45) is 3.76. The summed E-state index contributed by atoms with van der Waals surface area (Å²) in [7, 11) is -2.16. The third kappa shape index (κ3) is 2.34. The van der Waals surface area contributed by atoms with Gasteiger partial charge in [-0.25, -0.2) is 12.8 Å². The fraction of sp³-hybridized carbons (Fsp3) is 0.538. The second-order valence-corrected chi connectivity index (χ2v) is 7.08. The standard InChI is InChI=1S/C13H18FNO3S/c1-18-11-7-12(19(2,16)17)10(14)6-9(11)13(8-15)4-3-5-13/h6-7H,3-5,8,15H2,1-2H3. The van der Waals surface area contributed by atoms with Gasteiger partial charge in [0.05, 0.1) is 7.11 Å². The molecule has 106 valence electrons. The van der Waals surface area contributed by atoms with Crippen molar-refractivity contribution in [2.45, 2.75) is 29.6 Å². The van der Waals surface area contributed by atoms with E-state index in [9.17, 15) is 12.8 Å². The van der Waals surface area contributed by atoms with Crippen LogP contribution in [0.4, 0.5) is 4.39 Å². The van der Waals surface area contributed by atoms with Crippen LogP contribution >= 0.6 is 0 Å². The molecule has 1 aromatic carbocycles. The Bertz CT molecular complexity index is 589. The first kappa shape index (κ1) is 14.3. The number of halogens is 1. The minimum Gasteiger partial charge on any atom is -0.496 e. The quantitative estimate of drug-likeness (QED) is 0.913. The van der Waals surface area contributed by atoms with Gasteiger partial charge in [0.15, 0.2) is 9.84 Å². The van der Waals surface area contributed by atoms with E-state index in [0.717, 1.165) is 25.5 Å². The number of nitrogens with two attached hydrogens (primary N) is 1. The lowest BCUT2D eigenvalue weighted by atomic mass is 9.64. The lowest BCUT2D eigenvalue weighted by Gasteiger charge is -2.42. The second kappa shape index (κ2) is 4.76. The molecule has 0 aromatic heterocycles. The molecule has 1 fully saturated rings. The lowest BCUT2D eigenvalue weighted by Crippen LogP contribution is -2.42. The normalized spacial score (nSPS) is 17.9. The van der Waals surface area contributed by atoms with E-state index in [-0.39, 0.29) is 10.3 Å². The molecule has 1 aliphatic carbocycles. The van der Waals surface area contributed by atoms with Crippen LogP contribution in [0.25, 0.3) is 0 Å². The van der Waals surface area contributed by atoms with Crippen molar-refractivity contribution < 1.29 is 17.5 Å². The molecule has 19 heavy (non-hydrogen) atoms. The number of rotatable bonds is 4. The van der Waals surface area contributed by atoms with Gasteiger partial charge in [-0.1, -0.05) is 6.42 Å². The highest BCUT2D eigenvalue weighted by Crippen LogP contribution is 2.47. The predicted molar refractivity (Wildman–Crippen MR) is 70.6 cm³/mol. The largest absolute Gasteiger partial charge is 0.496 e. The zero-order chi connectivity index (χ0) is 14.3. The van der Waals surface area contributed by atoms with Crippen molar-refractivity contribution in [3.8, 4) is 5.75 Å². The molecule has 6 heteroatoms. The zero-order valence-electron chi connectivity index (χ0n) is 11.1. The molecule has 1 aromatic rings. The van der Waals surface area contributed by atoms with Crippen molar-refractivity contribution in [1.29, 1.82) is 0 Å². The third-order valence-corrected chi connectivity index (χ3v) is 5.04. The average Bonchev–Trinajstić information content (AvgIpc) is 2.27. The van der Waals surface area contributed by atoms with Crippen LogP contribution in [0.15, 0.2) is 17.0 Å². The minimum atomic E-state index is -3.61. The Labute approximate surface area is 112 Å². The second-order valence-electron chi connectivity index (χ2n) is 5.09. The van der Waals surface area contributed by atoms with Gasteiger partial charge in [0.25, 0.3) is 0 Å². The summed E-state index contributed by atoms with van der Waals surface area (Å²) >= 11 is 0. The molecule has 4 nitrogen and oxygen atoms in total. The molecule has 0 saturated heterocycles. The first-order chi connectivity index (χ1) is 8.84. The molecule has 0 heterocycles. The van der Waals surface area contributed by atoms with E-state index < -0.39 is 15.7 Å². The summed E-state index contributed by atoms with van der Waals surface area (Å²) in [6, 6.07) is 2.52. The van der Waals surface area contributed by atoms with Gasteiger partial charge in [-0.05, 0) is 18.9 Å². The molecule has 1 saturated carbocycles. The maximum atomic E-state index is 14.0. The maximum Gasteiger partial charge on any atom is 0.178 e. The van der Waals surface area contributed by atoms with Crippen LogP contribution in [0.2, 0.25) is 0 Å². The highest BCUT2D eigenvalue weighted by atomic mass is 32.2. The summed E-state index contributed by atoms with van der Waals surface area (Å²) in [6.45, 7) is 0.404. The van der Waals surface area contributed by atoms with E-state index in [2.05, 4.69) is 0 Å². The first-order valence-corrected chi connectivity index (χ1v) is 8.01. The Morgan fingerprint density at radius 3 is 2.42 bits per heavy atom. The summed E-state index contributed by atoms with van der Waals surface area (Å²) in [5, 5.41) is 0. The van der Waals surface area contributed by atoms with Crippen LogP contribution in [0.1, 0.15) is 24.8 Å². The summed E-state index contributed by atoms with van der Waals surface area (Å²) in [4.78, 5) is -0.334. The molecule has 0 amide bonds. The number of hydrogen-bond acceptors (Lipinski definition) is 4. The molecule has 2 N–H and O–H groups in total. The van der Waals surface area contributed by atoms with Gasteiger partial charge in [-0.2, -0.15) is 0 Å². The monoisotopic (exact) mass is 287 g/mol. The summed E-state index contributed by atoms with van der Waals surface area (Å²) in [5.74, 6) is -0.343. The topological polar surface area (TPSA) is 69.4 Å². The molecule has 0 atom stereocenters. The van der Waals surface area contributed by atoms with Gasteiger partial charge in [0.1, 0.15) is 16.5 Å². The highest BCUT2D eigenvalue weighted by molar-refractivity contribution is 7.90. The van der Waals surface area contributed by atoms with Crippen LogP contribution in [0, 0.1) is 5.82 Å². The third-order valence-electron chi connectivity index (χ3n) is 3.93. The van der Waals surface area contributed by atoms with Crippen molar-refractivity contribution in [3.05, 3.63) is 23.5 Å². The van der Waals surface area contributed by atoms with E-state index in [1.54, 1.807) is 0 Å². The Kier molecular flexibility index (Phi) is 3.57. The smallest absolute Gasteiger partial charge is 0.178 e. The molecule has 0 radical (unpaired) electrons. The van der Waals surface area contributed by atoms with Gasteiger partial charge in [-0.15, -0.1) is 0 Å². The van der Waals surface area contributed by atoms with Crippen LogP contribution in [-0.2, 0) is 15.3 Å². The summed E-state index contributed by atoms with van der Waals surface area (Å²) < 4.78 is 42.3. The number of sulfone groups is 1. The molecule has 0 aliphatic heterocycles. The maximum absolute atomic E-state index is 14.0. The first-order valence-electron chi connectivity index (χ1n) is 6.12. The average molecular weight is 287 g/mol. The SMILES string of the molecule is COc1cc(S(C)(=O)=O)c(F)cc1C1(CN)CCC1. The Morgan fingerprint density at radius 2 is 2.05 bits per heavy atom. The van der Waals surface area contributed by atoms with Crippen LogP contribution in [0.5, 0.6) is 5.75 Å². The molecule has 0 spiro atoms. The Balaban J connectivity index is 2.61. The summed E-state index contributed by atoms with van der Waals surface area (Å²) in [5.41, 5.74) is 6.20. The fourth-order valence-electron chi connectivity index (χ4n) is 2.59. The minimum absolute atomic E-state index is 0.276. The molecular formula is C13H18FNO3S. The van der Waals surface area contributed by atoms with E-state index in [4.69, 9.17) is 10.5 Å². The van der Waals surface area contributed by atoms with Gasteiger partial charge in [-0.3, -0.25) is 0 Å². The van der Waals surface area contributed by atoms with Gasteiger partial charge in [0, 0.05) is 29.8 Å².